The molecule has 7 atom stereocenters. The SMILES string of the molecule is COc1nc(NC2C=C(C3CCC(OC4CCN(C(=O)[C@@H](C)O)CC4(F)F)C(CN)C3)N=CN2)ccc1N1CCN(C)[C@H](C)C1. The maximum Gasteiger partial charge on any atom is 0.290 e. The van der Waals surface area contributed by atoms with Crippen LogP contribution in [0.3, 0.4) is 0 Å². The van der Waals surface area contributed by atoms with Gasteiger partial charge < -0.3 is 45.6 Å². The smallest absolute Gasteiger partial charge is 0.290 e. The Morgan fingerprint density at radius 2 is 2.07 bits per heavy atom. The van der Waals surface area contributed by atoms with E-state index in [9.17, 15) is 9.90 Å². The van der Waals surface area contributed by atoms with Crippen molar-refractivity contribution in [3.8, 4) is 5.88 Å². The van der Waals surface area contributed by atoms with Gasteiger partial charge in [-0.2, -0.15) is 4.98 Å². The number of pyridine rings is 1. The molecule has 3 fully saturated rings. The Morgan fingerprint density at radius 1 is 1.27 bits per heavy atom. The summed E-state index contributed by atoms with van der Waals surface area (Å²) in [4.78, 5) is 27.1. The minimum atomic E-state index is -3.21. The van der Waals surface area contributed by atoms with Gasteiger partial charge in [0.05, 0.1) is 26.1 Å². The second-order valence-corrected chi connectivity index (χ2v) is 12.8. The minimum Gasteiger partial charge on any atom is -0.479 e. The zero-order chi connectivity index (χ0) is 32.3. The Labute approximate surface area is 264 Å². The summed E-state index contributed by atoms with van der Waals surface area (Å²) >= 11 is 0. The third-order valence-electron chi connectivity index (χ3n) is 9.62. The third kappa shape index (κ3) is 7.67. The van der Waals surface area contributed by atoms with Crippen molar-refractivity contribution in [1.29, 1.82) is 0 Å². The number of hydrogen-bond acceptors (Lipinski definition) is 11. The number of halogens is 2. The number of piperazine rings is 1. The number of nitrogens with one attached hydrogen (secondary N) is 2. The number of rotatable bonds is 9. The molecule has 2 saturated heterocycles. The van der Waals surface area contributed by atoms with Crippen LogP contribution in [0.15, 0.2) is 28.9 Å². The fraction of sp³-hybridized carbons (Fsp3) is 0.710. The van der Waals surface area contributed by atoms with Gasteiger partial charge in [0.1, 0.15) is 29.9 Å². The molecule has 5 rings (SSSR count). The molecule has 1 saturated carbocycles. The monoisotopic (exact) mass is 634 g/mol. The first-order chi connectivity index (χ1) is 21.5. The first-order valence-electron chi connectivity index (χ1n) is 16.0. The highest BCUT2D eigenvalue weighted by Crippen LogP contribution is 2.39. The van der Waals surface area contributed by atoms with Crippen LogP contribution in [0.5, 0.6) is 5.88 Å². The van der Waals surface area contributed by atoms with Gasteiger partial charge in [0.25, 0.3) is 11.8 Å². The maximum atomic E-state index is 15.0. The van der Waals surface area contributed by atoms with Crippen LogP contribution in [0.25, 0.3) is 0 Å². The van der Waals surface area contributed by atoms with E-state index in [0.29, 0.717) is 37.1 Å². The molecule has 5 unspecified atom stereocenters. The first kappa shape index (κ1) is 33.3. The number of nitrogens with zero attached hydrogens (tertiary/aromatic N) is 5. The van der Waals surface area contributed by atoms with Crippen LogP contribution in [-0.4, -0.2) is 122 Å². The molecule has 0 bridgehead atoms. The summed E-state index contributed by atoms with van der Waals surface area (Å²) in [7, 11) is 3.77. The average molecular weight is 635 g/mol. The molecule has 5 N–H and O–H groups in total. The van der Waals surface area contributed by atoms with Gasteiger partial charge >= 0.3 is 0 Å². The molecule has 45 heavy (non-hydrogen) atoms. The van der Waals surface area contributed by atoms with Crippen molar-refractivity contribution >= 4 is 23.8 Å². The molecule has 0 radical (unpaired) electrons. The number of ether oxygens (including phenoxy) is 2. The zero-order valence-corrected chi connectivity index (χ0v) is 26.7. The number of piperidine rings is 1. The number of aromatic nitrogens is 1. The number of aliphatic imine (C=N–C) groups is 1. The van der Waals surface area contributed by atoms with E-state index < -0.39 is 36.7 Å². The topological polar surface area (TPSA) is 141 Å². The van der Waals surface area contributed by atoms with Crippen molar-refractivity contribution in [2.45, 2.75) is 76.0 Å². The number of hydrogen-bond donors (Lipinski definition) is 4. The lowest BCUT2D eigenvalue weighted by Gasteiger charge is -2.43. The quantitative estimate of drug-likeness (QED) is 0.318. The Balaban J connectivity index is 1.19. The number of allylic oxidation sites excluding steroid dienone is 1. The summed E-state index contributed by atoms with van der Waals surface area (Å²) in [6, 6.07) is 4.43. The molecule has 0 aromatic carbocycles. The number of carbonyl (C=O) groups excluding carboxylic acids is 1. The van der Waals surface area contributed by atoms with Crippen LogP contribution in [-0.2, 0) is 9.53 Å². The molecule has 1 aromatic heterocycles. The second-order valence-electron chi connectivity index (χ2n) is 12.8. The number of alkyl halides is 2. The van der Waals surface area contributed by atoms with E-state index >= 15 is 8.78 Å². The predicted octanol–water partition coefficient (Wildman–Crippen LogP) is 1.86. The van der Waals surface area contributed by atoms with E-state index in [1.165, 1.54) is 6.92 Å². The number of likely N-dealkylation sites (tertiary alicyclic amines) is 1. The van der Waals surface area contributed by atoms with Crippen molar-refractivity contribution in [1.82, 2.24) is 20.1 Å². The van der Waals surface area contributed by atoms with Gasteiger partial charge in [0.2, 0.25) is 5.88 Å². The number of likely N-dealkylation sites (N-methyl/N-ethyl adjacent to an activating group) is 1. The molecular formula is C31H48F2N8O4. The summed E-state index contributed by atoms with van der Waals surface area (Å²) in [5.41, 5.74) is 8.02. The van der Waals surface area contributed by atoms with Crippen molar-refractivity contribution in [2.75, 3.05) is 63.6 Å². The van der Waals surface area contributed by atoms with Gasteiger partial charge in [0, 0.05) is 43.8 Å². The Morgan fingerprint density at radius 3 is 2.76 bits per heavy atom. The first-order valence-corrected chi connectivity index (χ1v) is 16.0. The fourth-order valence-electron chi connectivity index (χ4n) is 6.79. The van der Waals surface area contributed by atoms with Gasteiger partial charge in [-0.25, -0.2) is 13.8 Å². The van der Waals surface area contributed by atoms with Crippen LogP contribution in [0.2, 0.25) is 0 Å². The number of amides is 1. The summed E-state index contributed by atoms with van der Waals surface area (Å²) < 4.78 is 41.7. The van der Waals surface area contributed by atoms with Crippen LogP contribution >= 0.6 is 0 Å². The van der Waals surface area contributed by atoms with E-state index in [4.69, 9.17) is 20.2 Å². The van der Waals surface area contributed by atoms with Crippen LogP contribution in [0, 0.1) is 11.8 Å². The Hall–Kier alpha value is -3.07. The number of carbonyl (C=O) groups is 1. The molecule has 4 heterocycles. The maximum absolute atomic E-state index is 15.0. The predicted molar refractivity (Wildman–Crippen MR) is 169 cm³/mol. The zero-order valence-electron chi connectivity index (χ0n) is 26.7. The molecule has 0 spiro atoms. The standard InChI is InChI=1S/C31H48F2N8O4/c1-19-16-40(12-11-39(19)3)24-6-8-27(38-29(24)44-4)37-28-14-23(35-18-36-28)21-5-7-25(22(13-21)15-34)45-26-9-10-41(17-31(26,32)33)30(43)20(2)42/h6,8,14,18-22,25-26,28,42H,5,7,9-13,15-17,34H2,1-4H3,(H,35,36)(H,37,38)/t19-,20-,21?,22?,25?,26?,28?/m1/s1. The summed E-state index contributed by atoms with van der Waals surface area (Å²) in [6.45, 7) is 5.95. The number of aliphatic hydroxyl groups excluding tert-OH is 1. The minimum absolute atomic E-state index is 0.00540. The average Bonchev–Trinajstić information content (AvgIpc) is 3.03. The van der Waals surface area contributed by atoms with Crippen LogP contribution in [0.4, 0.5) is 20.3 Å². The lowest BCUT2D eigenvalue weighted by molar-refractivity contribution is -0.205. The Kier molecular flexibility index (Phi) is 10.5. The molecule has 1 aliphatic carbocycles. The lowest BCUT2D eigenvalue weighted by atomic mass is 9.77. The van der Waals surface area contributed by atoms with Gasteiger partial charge in [-0.3, -0.25) is 4.79 Å². The van der Waals surface area contributed by atoms with E-state index in [0.717, 1.165) is 42.3 Å². The third-order valence-corrected chi connectivity index (χ3v) is 9.62. The molecule has 12 nitrogen and oxygen atoms in total. The second kappa shape index (κ2) is 14.1. The normalized spacial score (nSPS) is 31.2. The summed E-state index contributed by atoms with van der Waals surface area (Å²) in [5, 5.41) is 16.2. The number of methoxy groups -OCH3 is 1. The highest BCUT2D eigenvalue weighted by atomic mass is 19.3. The van der Waals surface area contributed by atoms with E-state index in [1.807, 2.05) is 18.2 Å². The lowest BCUT2D eigenvalue weighted by Crippen LogP contribution is -2.57. The van der Waals surface area contributed by atoms with Crippen molar-refractivity contribution in [3.05, 3.63) is 23.9 Å². The number of aliphatic hydroxyl groups is 1. The summed E-state index contributed by atoms with van der Waals surface area (Å²) in [5.74, 6) is -2.66. The van der Waals surface area contributed by atoms with Gasteiger partial charge in [-0.15, -0.1) is 0 Å². The Bertz CT molecular complexity index is 1250. The molecule has 1 aromatic rings. The molecule has 3 aliphatic heterocycles. The van der Waals surface area contributed by atoms with Crippen molar-refractivity contribution < 1.29 is 28.2 Å². The van der Waals surface area contributed by atoms with Gasteiger partial charge in [0.15, 0.2) is 0 Å². The molecule has 1 amide bonds. The van der Waals surface area contributed by atoms with Gasteiger partial charge in [-0.05, 0) is 77.2 Å². The molecule has 4 aliphatic rings. The van der Waals surface area contributed by atoms with Crippen LogP contribution < -0.4 is 26.0 Å². The molecular weight excluding hydrogens is 586 g/mol. The fourth-order valence-corrected chi connectivity index (χ4v) is 6.79. The van der Waals surface area contributed by atoms with Crippen molar-refractivity contribution in [3.63, 3.8) is 0 Å². The summed E-state index contributed by atoms with van der Waals surface area (Å²) in [6.07, 6.45) is 2.43. The highest BCUT2D eigenvalue weighted by Gasteiger charge is 2.49. The number of nitrogens with two attached hydrogens (primary N) is 1. The van der Waals surface area contributed by atoms with E-state index in [1.54, 1.807) is 13.4 Å². The molecule has 14 heteroatoms. The van der Waals surface area contributed by atoms with E-state index in [2.05, 4.69) is 39.4 Å². The van der Waals surface area contributed by atoms with Crippen LogP contribution in [0.1, 0.15) is 39.5 Å². The largest absolute Gasteiger partial charge is 0.479 e. The van der Waals surface area contributed by atoms with Gasteiger partial charge in [-0.1, -0.05) is 0 Å². The molecule has 250 valence electrons. The van der Waals surface area contributed by atoms with Crippen molar-refractivity contribution in [2.24, 2.45) is 22.6 Å². The highest BCUT2D eigenvalue weighted by molar-refractivity contribution is 5.80. The van der Waals surface area contributed by atoms with E-state index in [-0.39, 0.29) is 31.0 Å². The number of anilines is 2.